The number of aromatic nitrogens is 2. The predicted octanol–water partition coefficient (Wildman–Crippen LogP) is 2.31. The van der Waals surface area contributed by atoms with E-state index in [2.05, 4.69) is 54.1 Å². The van der Waals surface area contributed by atoms with Gasteiger partial charge in [0.05, 0.1) is 11.7 Å². The van der Waals surface area contributed by atoms with Gasteiger partial charge in [-0.3, -0.25) is 10.5 Å². The summed E-state index contributed by atoms with van der Waals surface area (Å²) in [7, 11) is 4.37. The molecule has 1 aromatic rings. The summed E-state index contributed by atoms with van der Waals surface area (Å²) in [6, 6.07) is 2.23. The van der Waals surface area contributed by atoms with E-state index in [0.717, 1.165) is 18.9 Å². The molecule has 3 N–H and O–H groups in total. The molecule has 21 heavy (non-hydrogen) atoms. The smallest absolute Gasteiger partial charge is 0.0812 e. The summed E-state index contributed by atoms with van der Waals surface area (Å²) in [5.41, 5.74) is 4.39. The minimum atomic E-state index is 0.0674. The third-order valence-electron chi connectivity index (χ3n) is 5.08. The van der Waals surface area contributed by atoms with Gasteiger partial charge in [-0.2, -0.15) is 5.10 Å². The van der Waals surface area contributed by atoms with Crippen molar-refractivity contribution in [3.63, 3.8) is 0 Å². The van der Waals surface area contributed by atoms with Crippen LogP contribution in [0.2, 0.25) is 0 Å². The zero-order valence-corrected chi connectivity index (χ0v) is 14.0. The van der Waals surface area contributed by atoms with E-state index in [1.165, 1.54) is 31.4 Å². The molecule has 0 aromatic carbocycles. The van der Waals surface area contributed by atoms with E-state index < -0.39 is 0 Å². The standard InChI is InChI=1S/C16H31N5/c1-5-11-21-14(8-10-18-21)15(19-17)16(20(3)4)9-6-7-13(2)12-16/h8,10,13,15,19H,5-7,9,11-12,17H2,1-4H3. The molecule has 0 saturated heterocycles. The van der Waals surface area contributed by atoms with Crippen molar-refractivity contribution >= 4 is 0 Å². The monoisotopic (exact) mass is 293 g/mol. The Morgan fingerprint density at radius 3 is 2.90 bits per heavy atom. The predicted molar refractivity (Wildman–Crippen MR) is 86.6 cm³/mol. The van der Waals surface area contributed by atoms with Gasteiger partial charge in [0, 0.05) is 18.3 Å². The third-order valence-corrected chi connectivity index (χ3v) is 5.08. The Balaban J connectivity index is 2.38. The van der Waals surface area contributed by atoms with Gasteiger partial charge in [-0.1, -0.05) is 26.7 Å². The van der Waals surface area contributed by atoms with E-state index in [9.17, 15) is 0 Å². The highest BCUT2D eigenvalue weighted by Crippen LogP contribution is 2.43. The lowest BCUT2D eigenvalue weighted by molar-refractivity contribution is 0.0336. The van der Waals surface area contributed by atoms with E-state index in [4.69, 9.17) is 5.84 Å². The minimum absolute atomic E-state index is 0.0674. The molecule has 0 bridgehead atoms. The molecular formula is C16H31N5. The van der Waals surface area contributed by atoms with Gasteiger partial charge in [0.15, 0.2) is 0 Å². The molecule has 0 spiro atoms. The SMILES string of the molecule is CCCn1nccc1C(NN)C1(N(C)C)CCCC(C)C1. The Morgan fingerprint density at radius 1 is 1.57 bits per heavy atom. The molecule has 5 nitrogen and oxygen atoms in total. The molecule has 120 valence electrons. The van der Waals surface area contributed by atoms with Gasteiger partial charge in [0.25, 0.3) is 0 Å². The van der Waals surface area contributed by atoms with Crippen molar-refractivity contribution in [3.05, 3.63) is 18.0 Å². The molecule has 2 rings (SSSR count). The van der Waals surface area contributed by atoms with Gasteiger partial charge in [0.2, 0.25) is 0 Å². The highest BCUT2D eigenvalue weighted by Gasteiger charge is 2.45. The summed E-state index contributed by atoms with van der Waals surface area (Å²) in [6.45, 7) is 5.48. The first kappa shape index (κ1) is 16.5. The van der Waals surface area contributed by atoms with Crippen LogP contribution in [0.15, 0.2) is 12.3 Å². The maximum atomic E-state index is 6.01. The normalized spacial score (nSPS) is 28.0. The number of nitrogens with two attached hydrogens (primary N) is 1. The van der Waals surface area contributed by atoms with Crippen LogP contribution in [0.5, 0.6) is 0 Å². The second-order valence-electron chi connectivity index (χ2n) is 6.78. The van der Waals surface area contributed by atoms with Gasteiger partial charge >= 0.3 is 0 Å². The minimum Gasteiger partial charge on any atom is -0.302 e. The summed E-state index contributed by atoms with van der Waals surface area (Å²) in [6.07, 6.45) is 7.91. The number of rotatable bonds is 6. The van der Waals surface area contributed by atoms with Crippen LogP contribution in [0.3, 0.4) is 0 Å². The summed E-state index contributed by atoms with van der Waals surface area (Å²) in [5, 5.41) is 4.48. The second-order valence-corrected chi connectivity index (χ2v) is 6.78. The fourth-order valence-corrected chi connectivity index (χ4v) is 3.99. The Hall–Kier alpha value is -0.910. The van der Waals surface area contributed by atoms with Crippen molar-refractivity contribution in [2.75, 3.05) is 14.1 Å². The largest absolute Gasteiger partial charge is 0.302 e. The molecule has 1 heterocycles. The van der Waals surface area contributed by atoms with Crippen LogP contribution in [-0.4, -0.2) is 34.3 Å². The fourth-order valence-electron chi connectivity index (χ4n) is 3.99. The molecule has 1 fully saturated rings. The highest BCUT2D eigenvalue weighted by molar-refractivity contribution is 5.16. The van der Waals surface area contributed by atoms with E-state index in [-0.39, 0.29) is 11.6 Å². The number of nitrogens with one attached hydrogen (secondary N) is 1. The highest BCUT2D eigenvalue weighted by atomic mass is 15.3. The van der Waals surface area contributed by atoms with E-state index in [0.29, 0.717) is 0 Å². The van der Waals surface area contributed by atoms with Crippen molar-refractivity contribution < 1.29 is 0 Å². The first-order chi connectivity index (χ1) is 10.0. The molecule has 0 radical (unpaired) electrons. The molecule has 1 aliphatic carbocycles. The van der Waals surface area contributed by atoms with Crippen molar-refractivity contribution in [3.8, 4) is 0 Å². The average Bonchev–Trinajstić information content (AvgIpc) is 2.88. The van der Waals surface area contributed by atoms with Crippen molar-refractivity contribution in [1.29, 1.82) is 0 Å². The van der Waals surface area contributed by atoms with Crippen molar-refractivity contribution in [2.45, 2.75) is 64.1 Å². The maximum absolute atomic E-state index is 6.01. The van der Waals surface area contributed by atoms with Crippen LogP contribution in [0, 0.1) is 5.92 Å². The van der Waals surface area contributed by atoms with E-state index in [1.54, 1.807) is 0 Å². The van der Waals surface area contributed by atoms with Crippen LogP contribution in [0.25, 0.3) is 0 Å². The molecule has 1 saturated carbocycles. The Labute approximate surface area is 128 Å². The number of nitrogens with zero attached hydrogens (tertiary/aromatic N) is 3. The number of hydrazine groups is 1. The molecule has 3 atom stereocenters. The number of aryl methyl sites for hydroxylation is 1. The van der Waals surface area contributed by atoms with Crippen LogP contribution >= 0.6 is 0 Å². The van der Waals surface area contributed by atoms with Crippen molar-refractivity contribution in [2.24, 2.45) is 11.8 Å². The van der Waals surface area contributed by atoms with Gasteiger partial charge in [-0.25, -0.2) is 5.43 Å². The van der Waals surface area contributed by atoms with Gasteiger partial charge in [-0.05, 0) is 45.3 Å². The lowest BCUT2D eigenvalue weighted by Crippen LogP contribution is -2.57. The molecule has 0 aliphatic heterocycles. The van der Waals surface area contributed by atoms with Gasteiger partial charge < -0.3 is 4.90 Å². The quantitative estimate of drug-likeness (QED) is 0.624. The zero-order chi connectivity index (χ0) is 15.5. The molecular weight excluding hydrogens is 262 g/mol. The third kappa shape index (κ3) is 3.15. The van der Waals surface area contributed by atoms with Crippen LogP contribution in [0.1, 0.15) is 57.7 Å². The molecule has 5 heteroatoms. The molecule has 1 aromatic heterocycles. The summed E-state index contributed by atoms with van der Waals surface area (Å²) in [4.78, 5) is 2.37. The zero-order valence-electron chi connectivity index (χ0n) is 14.0. The summed E-state index contributed by atoms with van der Waals surface area (Å²) in [5.74, 6) is 6.75. The van der Waals surface area contributed by atoms with E-state index >= 15 is 0 Å². The maximum Gasteiger partial charge on any atom is 0.0812 e. The Morgan fingerprint density at radius 2 is 2.33 bits per heavy atom. The van der Waals surface area contributed by atoms with Crippen LogP contribution < -0.4 is 11.3 Å². The summed E-state index contributed by atoms with van der Waals surface area (Å²) >= 11 is 0. The van der Waals surface area contributed by atoms with Crippen molar-refractivity contribution in [1.82, 2.24) is 20.1 Å². The number of hydrogen-bond acceptors (Lipinski definition) is 4. The topological polar surface area (TPSA) is 59.1 Å². The van der Waals surface area contributed by atoms with Gasteiger partial charge in [-0.15, -0.1) is 0 Å². The molecule has 3 unspecified atom stereocenters. The number of likely N-dealkylation sites (N-methyl/N-ethyl adjacent to an activating group) is 1. The Bertz CT molecular complexity index is 442. The Kier molecular flexibility index (Phi) is 5.41. The fraction of sp³-hybridized carbons (Fsp3) is 0.812. The summed E-state index contributed by atoms with van der Waals surface area (Å²) < 4.78 is 2.11. The molecule has 0 amide bonds. The lowest BCUT2D eigenvalue weighted by atomic mass is 9.70. The average molecular weight is 293 g/mol. The second kappa shape index (κ2) is 6.90. The lowest BCUT2D eigenvalue weighted by Gasteiger charge is -2.50. The number of hydrogen-bond donors (Lipinski definition) is 2. The van der Waals surface area contributed by atoms with E-state index in [1.807, 2.05) is 6.20 Å². The molecule has 1 aliphatic rings. The van der Waals surface area contributed by atoms with Crippen LogP contribution in [-0.2, 0) is 6.54 Å². The first-order valence-electron chi connectivity index (χ1n) is 8.20. The first-order valence-corrected chi connectivity index (χ1v) is 8.20. The van der Waals surface area contributed by atoms with Crippen LogP contribution in [0.4, 0.5) is 0 Å². The van der Waals surface area contributed by atoms with Gasteiger partial charge in [0.1, 0.15) is 0 Å².